The van der Waals surface area contributed by atoms with Gasteiger partial charge in [-0.05, 0) is 27.2 Å². The first-order valence-electron chi connectivity index (χ1n) is 6.96. The molecule has 0 aromatic carbocycles. The Morgan fingerprint density at radius 3 is 2.46 bits per heavy atom. The van der Waals surface area contributed by atoms with Crippen molar-refractivity contribution in [1.82, 2.24) is 10.3 Å². The number of nitrogens with zero attached hydrogens (tertiary/aromatic N) is 3. The van der Waals surface area contributed by atoms with Crippen molar-refractivity contribution in [2.75, 3.05) is 13.2 Å². The number of urea groups is 1. The Bertz CT molecular complexity index is 426. The first kappa shape index (κ1) is 26.1. The number of carbonyl (C=O) groups is 2. The van der Waals surface area contributed by atoms with E-state index in [-0.39, 0.29) is 41.6 Å². The van der Waals surface area contributed by atoms with Gasteiger partial charge in [-0.1, -0.05) is 35.2 Å². The molecule has 0 spiro atoms. The number of nitrogens with one attached hydrogen (secondary N) is 1. The van der Waals surface area contributed by atoms with Crippen LogP contribution in [0.1, 0.15) is 34.1 Å². The second kappa shape index (κ2) is 13.1. The number of carbonyl (C=O) groups excluding carboxylic acids is 2. The number of ether oxygens (including phenoxy) is 1. The van der Waals surface area contributed by atoms with E-state index in [1.54, 1.807) is 10.3 Å². The molecule has 0 aromatic rings. The smallest absolute Gasteiger partial charge is 0.376 e. The molecule has 1 fully saturated rings. The second-order valence-corrected chi connectivity index (χ2v) is 6.19. The quantitative estimate of drug-likeness (QED) is 0.143. The normalized spacial score (nSPS) is 18.7. The van der Waals surface area contributed by atoms with E-state index in [9.17, 15) is 9.59 Å². The Morgan fingerprint density at radius 2 is 2.08 bits per heavy atom. The van der Waals surface area contributed by atoms with Crippen molar-refractivity contribution in [3.05, 3.63) is 0 Å². The molecule has 1 atom stereocenters. The van der Waals surface area contributed by atoms with E-state index >= 15 is 0 Å². The Morgan fingerprint density at radius 1 is 1.50 bits per heavy atom. The fraction of sp³-hybridized carbons (Fsp3) is 0.833. The van der Waals surface area contributed by atoms with Gasteiger partial charge in [0.1, 0.15) is 12.3 Å². The molecule has 0 bridgehead atoms. The monoisotopic (exact) mass is 394 g/mol. The first-order chi connectivity index (χ1) is 10.7. The summed E-state index contributed by atoms with van der Waals surface area (Å²) in [7, 11) is 0. The number of halogens is 2. The molecule has 1 heterocycles. The summed E-state index contributed by atoms with van der Waals surface area (Å²) >= 11 is 11.0. The number of rotatable bonds is 4. The fourth-order valence-electron chi connectivity index (χ4n) is 1.77. The second-order valence-electron chi connectivity index (χ2n) is 5.09. The minimum absolute atomic E-state index is 0. The first-order valence-corrected chi connectivity index (χ1v) is 7.84. The van der Waals surface area contributed by atoms with Crippen LogP contribution in [0.3, 0.4) is 0 Å². The third-order valence-corrected chi connectivity index (χ3v) is 3.01. The minimum Gasteiger partial charge on any atom is -0.379 e. The molecule has 135 valence electrons. The molecule has 1 radical (unpaired) electrons. The maximum Gasteiger partial charge on any atom is 0.376 e. The molecule has 24 heavy (non-hydrogen) atoms. The molecule has 1 aliphatic heterocycles. The Kier molecular flexibility index (Phi) is 14.2. The van der Waals surface area contributed by atoms with Crippen LogP contribution in [0.25, 0.3) is 0 Å². The Balaban J connectivity index is 0. The van der Waals surface area contributed by atoms with E-state index in [0.717, 1.165) is 6.42 Å². The predicted molar refractivity (Wildman–Crippen MR) is 91.4 cm³/mol. The summed E-state index contributed by atoms with van der Waals surface area (Å²) in [5.41, 5.74) is 1.16. The predicted octanol–water partition coefficient (Wildman–Crippen LogP) is 1.76. The van der Waals surface area contributed by atoms with Crippen molar-refractivity contribution in [2.24, 2.45) is 16.2 Å². The van der Waals surface area contributed by atoms with Crippen LogP contribution in [-0.4, -0.2) is 76.2 Å². The number of hydrogen-bond donors (Lipinski definition) is 2. The molecule has 3 N–H and O–H groups in total. The molecular weight excluding hydrogens is 372 g/mol. The number of hydrazine groups is 1. The maximum absolute atomic E-state index is 11.5. The van der Waals surface area contributed by atoms with Crippen LogP contribution in [0.15, 0.2) is 10.4 Å². The summed E-state index contributed by atoms with van der Waals surface area (Å²) in [6.45, 7) is 8.46. The molecule has 1 unspecified atom stereocenters. The molecule has 9 nitrogen and oxygen atoms in total. The van der Waals surface area contributed by atoms with E-state index in [1.807, 2.05) is 27.7 Å². The molecule has 1 saturated heterocycles. The van der Waals surface area contributed by atoms with E-state index < -0.39 is 16.6 Å². The van der Waals surface area contributed by atoms with Crippen molar-refractivity contribution in [3.63, 3.8) is 0 Å². The van der Waals surface area contributed by atoms with Gasteiger partial charge in [0.25, 0.3) is 5.91 Å². The van der Waals surface area contributed by atoms with Gasteiger partial charge in [0, 0.05) is 41.4 Å². The van der Waals surface area contributed by atoms with E-state index in [4.69, 9.17) is 27.9 Å². The van der Waals surface area contributed by atoms with Crippen molar-refractivity contribution in [3.8, 4) is 0 Å². The van der Waals surface area contributed by atoms with Crippen LogP contribution in [0.4, 0.5) is 4.79 Å². The van der Waals surface area contributed by atoms with Crippen LogP contribution in [0.2, 0.25) is 0 Å². The molecule has 1 aliphatic rings. The van der Waals surface area contributed by atoms with Gasteiger partial charge in [-0.25, -0.2) is 10.6 Å². The zero-order valence-electron chi connectivity index (χ0n) is 14.6. The summed E-state index contributed by atoms with van der Waals surface area (Å²) in [4.78, 5) is 26.7. The summed E-state index contributed by atoms with van der Waals surface area (Å²) in [5, 5.41) is 6.07. The van der Waals surface area contributed by atoms with Crippen molar-refractivity contribution < 1.29 is 19.2 Å². The molecule has 0 aromatic heterocycles. The van der Waals surface area contributed by atoms with Crippen molar-refractivity contribution >= 4 is 64.7 Å². The van der Waals surface area contributed by atoms with E-state index in [1.165, 1.54) is 0 Å². The van der Waals surface area contributed by atoms with Crippen LogP contribution in [-0.2, 0) is 14.4 Å². The molecule has 3 amide bonds. The van der Waals surface area contributed by atoms with Crippen molar-refractivity contribution in [1.29, 1.82) is 0 Å². The standard InChI is InChI=1S/C8H13Cl2NO2.C4H10N4O2.Na/c1-5-4-11(7(12)6(9)10)8(2,3)13-5;1-2-3-10-8-7-4(9)6-5;/h5-6H,4H2,1-3H3;2-3,5H2,1H3,(H,6,9);. The molecular formula is C12H23Cl2N5NaO4. The van der Waals surface area contributed by atoms with E-state index in [2.05, 4.69) is 21.1 Å². The number of amides is 3. The maximum atomic E-state index is 11.5. The average molecular weight is 395 g/mol. The summed E-state index contributed by atoms with van der Waals surface area (Å²) in [6, 6.07) is -0.726. The molecule has 1 rings (SSSR count). The van der Waals surface area contributed by atoms with Gasteiger partial charge in [-0.15, -0.1) is 0 Å². The third-order valence-electron chi connectivity index (χ3n) is 2.64. The summed E-state index contributed by atoms with van der Waals surface area (Å²) in [6.07, 6.45) is 0.856. The average Bonchev–Trinajstić information content (AvgIpc) is 2.75. The number of nitrogens with two attached hydrogens (primary N) is 1. The number of alkyl halides is 2. The van der Waals surface area contributed by atoms with Gasteiger partial charge >= 0.3 is 6.03 Å². The summed E-state index contributed by atoms with van der Waals surface area (Å²) < 4.78 is 5.52. The largest absolute Gasteiger partial charge is 0.379 e. The van der Waals surface area contributed by atoms with Gasteiger partial charge < -0.3 is 14.5 Å². The minimum atomic E-state index is -1.01. The van der Waals surface area contributed by atoms with Gasteiger partial charge in [0.05, 0.1) is 6.10 Å². The van der Waals surface area contributed by atoms with Gasteiger partial charge in [0.2, 0.25) is 0 Å². The van der Waals surface area contributed by atoms with Gasteiger partial charge in [0.15, 0.2) is 4.84 Å². The van der Waals surface area contributed by atoms with Crippen LogP contribution >= 0.6 is 23.2 Å². The Labute approximate surface area is 173 Å². The SMILES string of the molecule is CC1CN(C(=O)C(Cl)Cl)C(C)(C)O1.CCCON=NC(=O)NN.[Na]. The number of hydrogen-bond acceptors (Lipinski definition) is 6. The van der Waals surface area contributed by atoms with Crippen LogP contribution in [0, 0.1) is 0 Å². The van der Waals surface area contributed by atoms with Gasteiger partial charge in [-0.2, -0.15) is 0 Å². The zero-order valence-corrected chi connectivity index (χ0v) is 18.1. The molecule has 0 saturated carbocycles. The Hall–Kier alpha value is -0.160. The van der Waals surface area contributed by atoms with Crippen molar-refractivity contribution in [2.45, 2.75) is 50.8 Å². The molecule has 0 aliphatic carbocycles. The van der Waals surface area contributed by atoms with Gasteiger partial charge in [-0.3, -0.25) is 10.2 Å². The topological polar surface area (TPSA) is 119 Å². The zero-order chi connectivity index (χ0) is 18.0. The van der Waals surface area contributed by atoms with Crippen LogP contribution < -0.4 is 11.3 Å². The fourth-order valence-corrected chi connectivity index (χ4v) is 2.01. The van der Waals surface area contributed by atoms with E-state index in [0.29, 0.717) is 13.2 Å². The summed E-state index contributed by atoms with van der Waals surface area (Å²) in [5.74, 6) is 4.38. The third kappa shape index (κ3) is 9.97. The molecule has 12 heteroatoms. The van der Waals surface area contributed by atoms with Crippen LogP contribution in [0.5, 0.6) is 0 Å².